The molecule has 0 bridgehead atoms. The Labute approximate surface area is 114 Å². The molecular weight excluding hydrogens is 238 g/mol. The van der Waals surface area contributed by atoms with Crippen LogP contribution in [0.25, 0.3) is 0 Å². The lowest BCUT2D eigenvalue weighted by Gasteiger charge is -2.23. The van der Waals surface area contributed by atoms with Crippen molar-refractivity contribution in [2.45, 2.75) is 25.7 Å². The average molecular weight is 259 g/mol. The highest BCUT2D eigenvalue weighted by atomic mass is 16.2. The van der Waals surface area contributed by atoms with Gasteiger partial charge < -0.3 is 10.6 Å². The zero-order chi connectivity index (χ0) is 13.1. The van der Waals surface area contributed by atoms with Crippen molar-refractivity contribution >= 4 is 5.91 Å². The van der Waals surface area contributed by atoms with Crippen molar-refractivity contribution in [2.24, 2.45) is 11.3 Å². The summed E-state index contributed by atoms with van der Waals surface area (Å²) in [5.41, 5.74) is 1.37. The van der Waals surface area contributed by atoms with Crippen LogP contribution < -0.4 is 10.6 Å². The quantitative estimate of drug-likeness (QED) is 0.852. The lowest BCUT2D eigenvalue weighted by atomic mass is 9.92. The SMILES string of the molecule is O=C(NCCc1ccccn1)[C@H]1CC12CCNCC2. The summed E-state index contributed by atoms with van der Waals surface area (Å²) < 4.78 is 0. The number of hydrogen-bond donors (Lipinski definition) is 2. The number of aromatic nitrogens is 1. The zero-order valence-corrected chi connectivity index (χ0v) is 11.2. The van der Waals surface area contributed by atoms with E-state index in [2.05, 4.69) is 15.6 Å². The first-order valence-electron chi connectivity index (χ1n) is 7.19. The fourth-order valence-corrected chi connectivity index (χ4v) is 3.18. The Kier molecular flexibility index (Phi) is 3.51. The summed E-state index contributed by atoms with van der Waals surface area (Å²) in [6.07, 6.45) is 6.01. The number of piperidine rings is 1. The third-order valence-electron chi connectivity index (χ3n) is 4.51. The highest BCUT2D eigenvalue weighted by Gasteiger charge is 2.57. The fourth-order valence-electron chi connectivity index (χ4n) is 3.18. The van der Waals surface area contributed by atoms with Crippen molar-refractivity contribution in [2.75, 3.05) is 19.6 Å². The van der Waals surface area contributed by atoms with Crippen LogP contribution >= 0.6 is 0 Å². The maximum atomic E-state index is 12.1. The Hall–Kier alpha value is -1.42. The molecule has 1 aliphatic heterocycles. The zero-order valence-electron chi connectivity index (χ0n) is 11.2. The Morgan fingerprint density at radius 2 is 2.26 bits per heavy atom. The summed E-state index contributed by atoms with van der Waals surface area (Å²) in [5.74, 6) is 0.510. The van der Waals surface area contributed by atoms with E-state index >= 15 is 0 Å². The second kappa shape index (κ2) is 5.29. The number of pyridine rings is 1. The standard InChI is InChI=1S/C15H21N3O/c19-14(13-11-15(13)5-9-16-10-6-15)18-8-4-12-3-1-2-7-17-12/h1-3,7,13,16H,4-6,8-11H2,(H,18,19)/t13-/m1/s1. The molecule has 1 saturated heterocycles. The topological polar surface area (TPSA) is 54.0 Å². The molecule has 2 heterocycles. The minimum Gasteiger partial charge on any atom is -0.355 e. The summed E-state index contributed by atoms with van der Waals surface area (Å²) in [6, 6.07) is 5.89. The molecule has 1 aromatic heterocycles. The first kappa shape index (κ1) is 12.6. The Bertz CT molecular complexity index is 440. The van der Waals surface area contributed by atoms with E-state index < -0.39 is 0 Å². The highest BCUT2D eigenvalue weighted by Crippen LogP contribution is 2.58. The van der Waals surface area contributed by atoms with Gasteiger partial charge in [0.05, 0.1) is 0 Å². The van der Waals surface area contributed by atoms with Gasteiger partial charge in [-0.15, -0.1) is 0 Å². The first-order chi connectivity index (χ1) is 9.30. The van der Waals surface area contributed by atoms with Gasteiger partial charge in [-0.2, -0.15) is 0 Å². The molecule has 1 saturated carbocycles. The lowest BCUT2D eigenvalue weighted by Crippen LogP contribution is -2.34. The number of amides is 1. The summed E-state index contributed by atoms with van der Waals surface area (Å²) >= 11 is 0. The summed E-state index contributed by atoms with van der Waals surface area (Å²) in [4.78, 5) is 16.4. The maximum absolute atomic E-state index is 12.1. The van der Waals surface area contributed by atoms with Crippen LogP contribution in [0.5, 0.6) is 0 Å². The van der Waals surface area contributed by atoms with Gasteiger partial charge in [0.25, 0.3) is 0 Å². The smallest absolute Gasteiger partial charge is 0.223 e. The van der Waals surface area contributed by atoms with Crippen LogP contribution in [0.2, 0.25) is 0 Å². The Morgan fingerprint density at radius 3 is 3.00 bits per heavy atom. The number of nitrogens with zero attached hydrogens (tertiary/aromatic N) is 1. The van der Waals surface area contributed by atoms with Crippen LogP contribution in [0.1, 0.15) is 25.0 Å². The van der Waals surface area contributed by atoms with Gasteiger partial charge in [0.2, 0.25) is 5.91 Å². The van der Waals surface area contributed by atoms with E-state index in [1.165, 1.54) is 0 Å². The summed E-state index contributed by atoms with van der Waals surface area (Å²) in [6.45, 7) is 2.83. The van der Waals surface area contributed by atoms with Crippen molar-refractivity contribution < 1.29 is 4.79 Å². The number of carbonyl (C=O) groups is 1. The summed E-state index contributed by atoms with van der Waals surface area (Å²) in [7, 11) is 0. The van der Waals surface area contributed by atoms with Crippen molar-refractivity contribution in [1.82, 2.24) is 15.6 Å². The van der Waals surface area contributed by atoms with Gasteiger partial charge in [0, 0.05) is 30.8 Å². The normalized spacial score (nSPS) is 24.1. The number of rotatable bonds is 4. The second-order valence-electron chi connectivity index (χ2n) is 5.73. The molecule has 2 aliphatic rings. The van der Waals surface area contributed by atoms with E-state index in [1.54, 1.807) is 6.20 Å². The molecule has 4 nitrogen and oxygen atoms in total. The number of carbonyl (C=O) groups excluding carboxylic acids is 1. The maximum Gasteiger partial charge on any atom is 0.223 e. The molecule has 0 aromatic carbocycles. The predicted molar refractivity (Wildman–Crippen MR) is 73.6 cm³/mol. The molecule has 1 spiro atoms. The average Bonchev–Trinajstić information content (AvgIpc) is 3.14. The Morgan fingerprint density at radius 1 is 1.42 bits per heavy atom. The molecule has 0 radical (unpaired) electrons. The predicted octanol–water partition coefficient (Wildman–Crippen LogP) is 1.13. The molecule has 102 valence electrons. The minimum atomic E-state index is 0.248. The molecule has 1 aromatic rings. The second-order valence-corrected chi connectivity index (χ2v) is 5.73. The van der Waals surface area contributed by atoms with Crippen LogP contribution in [0.4, 0.5) is 0 Å². The van der Waals surface area contributed by atoms with E-state index in [0.29, 0.717) is 12.0 Å². The van der Waals surface area contributed by atoms with Crippen LogP contribution in [0.3, 0.4) is 0 Å². The minimum absolute atomic E-state index is 0.248. The molecule has 2 N–H and O–H groups in total. The molecule has 1 amide bonds. The summed E-state index contributed by atoms with van der Waals surface area (Å²) in [5, 5.41) is 6.43. The van der Waals surface area contributed by atoms with Gasteiger partial charge in [-0.05, 0) is 49.9 Å². The lowest BCUT2D eigenvalue weighted by molar-refractivity contribution is -0.123. The van der Waals surface area contributed by atoms with Crippen molar-refractivity contribution in [3.63, 3.8) is 0 Å². The van der Waals surface area contributed by atoms with Crippen LogP contribution in [0, 0.1) is 11.3 Å². The largest absolute Gasteiger partial charge is 0.355 e. The van der Waals surface area contributed by atoms with E-state index in [1.807, 2.05) is 18.2 Å². The number of nitrogens with one attached hydrogen (secondary N) is 2. The first-order valence-corrected chi connectivity index (χ1v) is 7.19. The van der Waals surface area contributed by atoms with Crippen molar-refractivity contribution in [1.29, 1.82) is 0 Å². The molecular formula is C15H21N3O. The molecule has 3 rings (SSSR count). The van der Waals surface area contributed by atoms with Gasteiger partial charge in [0.15, 0.2) is 0 Å². The molecule has 19 heavy (non-hydrogen) atoms. The molecule has 1 aliphatic carbocycles. The van der Waals surface area contributed by atoms with Gasteiger partial charge in [-0.25, -0.2) is 0 Å². The van der Waals surface area contributed by atoms with Crippen LogP contribution in [-0.4, -0.2) is 30.5 Å². The molecule has 4 heteroatoms. The third kappa shape index (κ3) is 2.78. The van der Waals surface area contributed by atoms with Crippen LogP contribution in [-0.2, 0) is 11.2 Å². The van der Waals surface area contributed by atoms with Gasteiger partial charge >= 0.3 is 0 Å². The van der Waals surface area contributed by atoms with Crippen LogP contribution in [0.15, 0.2) is 24.4 Å². The Balaban J connectivity index is 1.43. The monoisotopic (exact) mass is 259 g/mol. The van der Waals surface area contributed by atoms with E-state index in [4.69, 9.17) is 0 Å². The fraction of sp³-hybridized carbons (Fsp3) is 0.600. The van der Waals surface area contributed by atoms with E-state index in [-0.39, 0.29) is 11.8 Å². The third-order valence-corrected chi connectivity index (χ3v) is 4.51. The van der Waals surface area contributed by atoms with Crippen molar-refractivity contribution in [3.8, 4) is 0 Å². The number of hydrogen-bond acceptors (Lipinski definition) is 3. The molecule has 0 unspecified atom stereocenters. The van der Waals surface area contributed by atoms with Gasteiger partial charge in [-0.1, -0.05) is 6.07 Å². The van der Waals surface area contributed by atoms with E-state index in [9.17, 15) is 4.79 Å². The molecule has 2 fully saturated rings. The van der Waals surface area contributed by atoms with Crippen molar-refractivity contribution in [3.05, 3.63) is 30.1 Å². The van der Waals surface area contributed by atoms with Gasteiger partial charge in [-0.3, -0.25) is 9.78 Å². The highest BCUT2D eigenvalue weighted by molar-refractivity contribution is 5.82. The van der Waals surface area contributed by atoms with E-state index in [0.717, 1.165) is 44.5 Å². The van der Waals surface area contributed by atoms with Gasteiger partial charge in [0.1, 0.15) is 0 Å². The molecule has 1 atom stereocenters.